The summed E-state index contributed by atoms with van der Waals surface area (Å²) in [6.45, 7) is 9.84. The molecule has 0 bridgehead atoms. The molecule has 0 aliphatic heterocycles. The second-order valence-corrected chi connectivity index (χ2v) is 4.00. The van der Waals surface area contributed by atoms with E-state index in [-0.39, 0.29) is 11.7 Å². The van der Waals surface area contributed by atoms with Crippen LogP contribution in [0.15, 0.2) is 30.8 Å². The van der Waals surface area contributed by atoms with E-state index in [9.17, 15) is 4.79 Å². The summed E-state index contributed by atoms with van der Waals surface area (Å²) < 4.78 is 0. The summed E-state index contributed by atoms with van der Waals surface area (Å²) in [6.07, 6.45) is 0.878. The molecular formula is C14H18O. The number of benzene rings is 1. The summed E-state index contributed by atoms with van der Waals surface area (Å²) in [5.41, 5.74) is 2.73. The van der Waals surface area contributed by atoms with Crippen molar-refractivity contribution >= 4 is 11.4 Å². The van der Waals surface area contributed by atoms with E-state index in [0.29, 0.717) is 0 Å². The number of hydrogen-bond donors (Lipinski definition) is 0. The number of Topliss-reactive ketones (excluding diaryl/α,β-unsaturated/α-hetero) is 1. The van der Waals surface area contributed by atoms with Crippen molar-refractivity contribution in [2.45, 2.75) is 27.2 Å². The summed E-state index contributed by atoms with van der Waals surface area (Å²) in [5, 5.41) is 0. The molecule has 1 atom stereocenters. The molecule has 0 saturated heterocycles. The minimum absolute atomic E-state index is 0.0884. The topological polar surface area (TPSA) is 17.1 Å². The van der Waals surface area contributed by atoms with Gasteiger partial charge in [0.05, 0.1) is 0 Å². The number of carbonyl (C=O) groups excluding carboxylic acids is 1. The van der Waals surface area contributed by atoms with Gasteiger partial charge in [0.15, 0.2) is 5.78 Å². The fraction of sp³-hybridized carbons (Fsp3) is 0.357. The second kappa shape index (κ2) is 4.92. The van der Waals surface area contributed by atoms with Crippen LogP contribution < -0.4 is 0 Å². The molecule has 80 valence electrons. The maximum absolute atomic E-state index is 12.1. The molecule has 1 heteroatoms. The number of rotatable bonds is 4. The molecule has 0 spiro atoms. The van der Waals surface area contributed by atoms with Crippen molar-refractivity contribution in [3.8, 4) is 0 Å². The zero-order chi connectivity index (χ0) is 11.4. The molecule has 1 rings (SSSR count). The van der Waals surface area contributed by atoms with Gasteiger partial charge in [-0.15, -0.1) is 0 Å². The van der Waals surface area contributed by atoms with Gasteiger partial charge in [-0.2, -0.15) is 0 Å². The van der Waals surface area contributed by atoms with Crippen molar-refractivity contribution in [3.05, 3.63) is 42.0 Å². The van der Waals surface area contributed by atoms with Crippen molar-refractivity contribution < 1.29 is 4.79 Å². The van der Waals surface area contributed by atoms with Crippen LogP contribution in [0.3, 0.4) is 0 Å². The zero-order valence-electron chi connectivity index (χ0n) is 9.71. The Bertz CT molecular complexity index is 377. The normalized spacial score (nSPS) is 12.2. The first-order valence-electron chi connectivity index (χ1n) is 5.37. The minimum Gasteiger partial charge on any atom is -0.294 e. The van der Waals surface area contributed by atoms with Crippen LogP contribution in [-0.2, 0) is 0 Å². The van der Waals surface area contributed by atoms with E-state index in [2.05, 4.69) is 6.58 Å². The third-order valence-electron chi connectivity index (χ3n) is 2.71. The Morgan fingerprint density at radius 1 is 1.33 bits per heavy atom. The van der Waals surface area contributed by atoms with Crippen molar-refractivity contribution in [1.29, 1.82) is 0 Å². The Kier molecular flexibility index (Phi) is 3.84. The van der Waals surface area contributed by atoms with Crippen LogP contribution >= 0.6 is 0 Å². The lowest BCUT2D eigenvalue weighted by atomic mass is 9.91. The van der Waals surface area contributed by atoms with Gasteiger partial charge in [0.25, 0.3) is 0 Å². The molecule has 1 aromatic rings. The van der Waals surface area contributed by atoms with Crippen LogP contribution in [0, 0.1) is 5.92 Å². The average molecular weight is 202 g/mol. The summed E-state index contributed by atoms with van der Waals surface area (Å²) in [7, 11) is 0. The predicted octanol–water partition coefficient (Wildman–Crippen LogP) is 3.95. The fourth-order valence-corrected chi connectivity index (χ4v) is 1.52. The molecule has 0 heterocycles. The van der Waals surface area contributed by atoms with Crippen LogP contribution in [0.25, 0.3) is 5.57 Å². The van der Waals surface area contributed by atoms with E-state index in [4.69, 9.17) is 0 Å². The molecule has 15 heavy (non-hydrogen) atoms. The average Bonchev–Trinajstić information content (AvgIpc) is 2.27. The maximum atomic E-state index is 12.1. The van der Waals surface area contributed by atoms with Crippen molar-refractivity contribution in [2.24, 2.45) is 5.92 Å². The van der Waals surface area contributed by atoms with E-state index in [1.54, 1.807) is 0 Å². The number of hydrogen-bond acceptors (Lipinski definition) is 1. The minimum atomic E-state index is 0.0884. The standard InChI is InChI=1S/C14H18O/c1-5-11(4)14(15)13-9-7-6-8-12(13)10(2)3/h6-9,11H,2,5H2,1,3-4H3. The van der Waals surface area contributed by atoms with Crippen LogP contribution in [0.2, 0.25) is 0 Å². The number of ketones is 1. The van der Waals surface area contributed by atoms with Gasteiger partial charge in [0.1, 0.15) is 0 Å². The van der Waals surface area contributed by atoms with Crippen LogP contribution in [-0.4, -0.2) is 5.78 Å². The fourth-order valence-electron chi connectivity index (χ4n) is 1.52. The highest BCUT2D eigenvalue weighted by atomic mass is 16.1. The molecule has 0 saturated carbocycles. The zero-order valence-corrected chi connectivity index (χ0v) is 9.71. The third-order valence-corrected chi connectivity index (χ3v) is 2.71. The van der Waals surface area contributed by atoms with Gasteiger partial charge in [-0.05, 0) is 18.9 Å². The molecule has 1 nitrogen and oxygen atoms in total. The van der Waals surface area contributed by atoms with Gasteiger partial charge in [-0.1, -0.05) is 50.3 Å². The third kappa shape index (κ3) is 2.56. The highest BCUT2D eigenvalue weighted by Gasteiger charge is 2.16. The van der Waals surface area contributed by atoms with Gasteiger partial charge >= 0.3 is 0 Å². The first-order chi connectivity index (χ1) is 7.07. The Hall–Kier alpha value is -1.37. The lowest BCUT2D eigenvalue weighted by molar-refractivity contribution is 0.0927. The van der Waals surface area contributed by atoms with Crippen LogP contribution in [0.4, 0.5) is 0 Å². The van der Waals surface area contributed by atoms with Gasteiger partial charge in [0.2, 0.25) is 0 Å². The Labute approximate surface area is 91.8 Å². The molecule has 0 aromatic heterocycles. The van der Waals surface area contributed by atoms with Gasteiger partial charge in [-0.3, -0.25) is 4.79 Å². The van der Waals surface area contributed by atoms with Crippen molar-refractivity contribution in [2.75, 3.05) is 0 Å². The van der Waals surface area contributed by atoms with Crippen molar-refractivity contribution in [3.63, 3.8) is 0 Å². The molecular weight excluding hydrogens is 184 g/mol. The first kappa shape index (κ1) is 11.7. The Morgan fingerprint density at radius 3 is 2.33 bits per heavy atom. The Balaban J connectivity index is 3.13. The van der Waals surface area contributed by atoms with Gasteiger partial charge in [0, 0.05) is 11.5 Å². The second-order valence-electron chi connectivity index (χ2n) is 4.00. The van der Waals surface area contributed by atoms with Crippen molar-refractivity contribution in [1.82, 2.24) is 0 Å². The van der Waals surface area contributed by atoms with E-state index < -0.39 is 0 Å². The molecule has 0 aliphatic rings. The van der Waals surface area contributed by atoms with E-state index >= 15 is 0 Å². The molecule has 0 radical (unpaired) electrons. The Morgan fingerprint density at radius 2 is 1.87 bits per heavy atom. The largest absolute Gasteiger partial charge is 0.294 e. The summed E-state index contributed by atoms with van der Waals surface area (Å²) in [4.78, 5) is 12.1. The SMILES string of the molecule is C=C(C)c1ccccc1C(=O)C(C)CC. The van der Waals surface area contributed by atoms with Crippen LogP contribution in [0.5, 0.6) is 0 Å². The van der Waals surface area contributed by atoms with E-state index in [1.165, 1.54) is 0 Å². The summed E-state index contributed by atoms with van der Waals surface area (Å²) >= 11 is 0. The molecule has 1 unspecified atom stereocenters. The molecule has 0 aliphatic carbocycles. The smallest absolute Gasteiger partial charge is 0.166 e. The number of allylic oxidation sites excluding steroid dienone is 1. The van der Waals surface area contributed by atoms with Gasteiger partial charge in [-0.25, -0.2) is 0 Å². The highest BCUT2D eigenvalue weighted by molar-refractivity contribution is 6.01. The molecule has 0 fully saturated rings. The summed E-state index contributed by atoms with van der Waals surface area (Å²) in [5.74, 6) is 0.307. The van der Waals surface area contributed by atoms with E-state index in [0.717, 1.165) is 23.1 Å². The number of carbonyl (C=O) groups is 1. The van der Waals surface area contributed by atoms with Crippen LogP contribution in [0.1, 0.15) is 43.1 Å². The summed E-state index contributed by atoms with van der Waals surface area (Å²) in [6, 6.07) is 7.69. The first-order valence-corrected chi connectivity index (χ1v) is 5.37. The predicted molar refractivity (Wildman–Crippen MR) is 64.9 cm³/mol. The monoisotopic (exact) mass is 202 g/mol. The highest BCUT2D eigenvalue weighted by Crippen LogP contribution is 2.21. The quantitative estimate of drug-likeness (QED) is 0.676. The van der Waals surface area contributed by atoms with E-state index in [1.807, 2.05) is 45.0 Å². The lowest BCUT2D eigenvalue weighted by Gasteiger charge is -2.11. The molecule has 0 amide bonds. The van der Waals surface area contributed by atoms with Gasteiger partial charge < -0.3 is 0 Å². The maximum Gasteiger partial charge on any atom is 0.166 e. The molecule has 0 N–H and O–H groups in total. The lowest BCUT2D eigenvalue weighted by Crippen LogP contribution is -2.12. The molecule has 1 aromatic carbocycles.